The minimum absolute atomic E-state index is 0.504. The van der Waals surface area contributed by atoms with Crippen LogP contribution in [0.15, 0.2) is 54.6 Å². The van der Waals surface area contributed by atoms with Gasteiger partial charge in [0.05, 0.1) is 17.7 Å². The molecule has 2 aromatic carbocycles. The van der Waals surface area contributed by atoms with Gasteiger partial charge in [-0.05, 0) is 29.8 Å². The zero-order valence-corrected chi connectivity index (χ0v) is 9.38. The molecule has 1 aliphatic heterocycles. The Morgan fingerprint density at radius 3 is 2.35 bits per heavy atom. The van der Waals surface area contributed by atoms with E-state index in [1.54, 1.807) is 0 Å². The van der Waals surface area contributed by atoms with Crippen molar-refractivity contribution in [1.82, 2.24) is 0 Å². The van der Waals surface area contributed by atoms with E-state index in [1.165, 1.54) is 11.3 Å². The van der Waals surface area contributed by atoms with Crippen LogP contribution in [0, 0.1) is 11.3 Å². The predicted octanol–water partition coefficient (Wildman–Crippen LogP) is 3.12. The molecule has 0 saturated carbocycles. The molecule has 17 heavy (non-hydrogen) atoms. The molecule has 1 saturated heterocycles. The van der Waals surface area contributed by atoms with Crippen LogP contribution in [0.1, 0.15) is 17.2 Å². The third-order valence-corrected chi connectivity index (χ3v) is 3.12. The summed E-state index contributed by atoms with van der Waals surface area (Å²) in [7, 11) is 0. The van der Waals surface area contributed by atoms with E-state index in [1.807, 2.05) is 30.3 Å². The zero-order valence-electron chi connectivity index (χ0n) is 9.38. The van der Waals surface area contributed by atoms with Crippen molar-refractivity contribution in [2.75, 3.05) is 11.4 Å². The number of hydrogen-bond donors (Lipinski definition) is 0. The second-order valence-corrected chi connectivity index (χ2v) is 4.24. The highest BCUT2D eigenvalue weighted by Crippen LogP contribution is 2.39. The summed E-state index contributed by atoms with van der Waals surface area (Å²) in [6, 6.07) is 20.9. The molecule has 1 aliphatic rings. The topological polar surface area (TPSA) is 26.8 Å². The number of benzene rings is 2. The quantitative estimate of drug-likeness (QED) is 0.727. The molecular weight excluding hydrogens is 208 g/mol. The SMILES string of the molecule is N#Cc1ccc(N2CC2c2ccccc2)cc1. The lowest BCUT2D eigenvalue weighted by atomic mass is 10.1. The smallest absolute Gasteiger partial charge is 0.0991 e. The molecule has 1 heterocycles. The van der Waals surface area contributed by atoms with E-state index in [9.17, 15) is 0 Å². The number of hydrogen-bond acceptors (Lipinski definition) is 2. The van der Waals surface area contributed by atoms with Gasteiger partial charge >= 0.3 is 0 Å². The molecule has 0 aliphatic carbocycles. The maximum atomic E-state index is 8.75. The number of nitriles is 1. The molecule has 1 unspecified atom stereocenters. The molecular formula is C15H12N2. The fourth-order valence-electron chi connectivity index (χ4n) is 2.11. The van der Waals surface area contributed by atoms with Gasteiger partial charge in [-0.15, -0.1) is 0 Å². The summed E-state index contributed by atoms with van der Waals surface area (Å²) in [5.74, 6) is 0. The van der Waals surface area contributed by atoms with Crippen LogP contribution in [0.4, 0.5) is 5.69 Å². The Balaban J connectivity index is 1.78. The summed E-state index contributed by atoms with van der Waals surface area (Å²) < 4.78 is 0. The number of nitrogens with zero attached hydrogens (tertiary/aromatic N) is 2. The average molecular weight is 220 g/mol. The van der Waals surface area contributed by atoms with Gasteiger partial charge in [0.2, 0.25) is 0 Å². The van der Waals surface area contributed by atoms with Gasteiger partial charge in [0.15, 0.2) is 0 Å². The van der Waals surface area contributed by atoms with Crippen molar-refractivity contribution < 1.29 is 0 Å². The lowest BCUT2D eigenvalue weighted by molar-refractivity contribution is 1.13. The maximum Gasteiger partial charge on any atom is 0.0991 e. The Labute approximate surface area is 101 Å². The van der Waals surface area contributed by atoms with Crippen molar-refractivity contribution in [3.05, 3.63) is 65.7 Å². The van der Waals surface area contributed by atoms with E-state index >= 15 is 0 Å². The standard InChI is InChI=1S/C15H12N2/c16-10-12-6-8-14(9-7-12)17-11-15(17)13-4-2-1-3-5-13/h1-9,15H,11H2. The van der Waals surface area contributed by atoms with Crippen LogP contribution in [0.3, 0.4) is 0 Å². The molecule has 0 aromatic heterocycles. The van der Waals surface area contributed by atoms with Crippen molar-refractivity contribution in [3.63, 3.8) is 0 Å². The van der Waals surface area contributed by atoms with E-state index in [-0.39, 0.29) is 0 Å². The van der Waals surface area contributed by atoms with Gasteiger partial charge < -0.3 is 4.90 Å². The summed E-state index contributed by atoms with van der Waals surface area (Å²) >= 11 is 0. The van der Waals surface area contributed by atoms with Gasteiger partial charge in [0.1, 0.15) is 0 Å². The second-order valence-electron chi connectivity index (χ2n) is 4.24. The zero-order chi connectivity index (χ0) is 11.7. The Bertz CT molecular complexity index is 552. The van der Waals surface area contributed by atoms with Crippen LogP contribution in [0.5, 0.6) is 0 Å². The molecule has 0 bridgehead atoms. The molecule has 1 fully saturated rings. The fraction of sp³-hybridized carbons (Fsp3) is 0.133. The van der Waals surface area contributed by atoms with E-state index in [0.717, 1.165) is 6.54 Å². The first-order valence-electron chi connectivity index (χ1n) is 5.70. The highest BCUT2D eigenvalue weighted by molar-refractivity contribution is 5.57. The minimum Gasteiger partial charge on any atom is -0.360 e. The third kappa shape index (κ3) is 1.88. The fourth-order valence-corrected chi connectivity index (χ4v) is 2.11. The third-order valence-electron chi connectivity index (χ3n) is 3.12. The van der Waals surface area contributed by atoms with Gasteiger partial charge in [-0.3, -0.25) is 0 Å². The molecule has 0 amide bonds. The Morgan fingerprint density at radius 1 is 1.00 bits per heavy atom. The van der Waals surface area contributed by atoms with Crippen molar-refractivity contribution in [2.45, 2.75) is 6.04 Å². The van der Waals surface area contributed by atoms with Gasteiger partial charge in [-0.2, -0.15) is 5.26 Å². The molecule has 2 heteroatoms. The molecule has 2 nitrogen and oxygen atoms in total. The largest absolute Gasteiger partial charge is 0.360 e. The van der Waals surface area contributed by atoms with Crippen LogP contribution in [-0.2, 0) is 0 Å². The van der Waals surface area contributed by atoms with E-state index in [4.69, 9.17) is 5.26 Å². The van der Waals surface area contributed by atoms with Crippen molar-refractivity contribution in [3.8, 4) is 6.07 Å². The van der Waals surface area contributed by atoms with Crippen LogP contribution >= 0.6 is 0 Å². The van der Waals surface area contributed by atoms with E-state index < -0.39 is 0 Å². The Hall–Kier alpha value is -2.27. The summed E-state index contributed by atoms with van der Waals surface area (Å²) in [5.41, 5.74) is 3.27. The average Bonchev–Trinajstić information content (AvgIpc) is 3.20. The molecule has 82 valence electrons. The predicted molar refractivity (Wildman–Crippen MR) is 67.7 cm³/mol. The lowest BCUT2D eigenvalue weighted by Gasteiger charge is -2.05. The normalized spacial score (nSPS) is 17.6. The second kappa shape index (κ2) is 3.95. The van der Waals surface area contributed by atoms with Crippen LogP contribution in [0.2, 0.25) is 0 Å². The summed E-state index contributed by atoms with van der Waals surface area (Å²) in [6.07, 6.45) is 0. The molecule has 1 atom stereocenters. The first-order valence-corrected chi connectivity index (χ1v) is 5.70. The molecule has 0 radical (unpaired) electrons. The Morgan fingerprint density at radius 2 is 1.71 bits per heavy atom. The van der Waals surface area contributed by atoms with Crippen molar-refractivity contribution in [1.29, 1.82) is 5.26 Å². The van der Waals surface area contributed by atoms with Gasteiger partial charge in [-0.1, -0.05) is 30.3 Å². The number of rotatable bonds is 2. The summed E-state index contributed by atoms with van der Waals surface area (Å²) in [4.78, 5) is 2.33. The molecule has 0 spiro atoms. The van der Waals surface area contributed by atoms with Gasteiger partial charge in [0.25, 0.3) is 0 Å². The first-order chi connectivity index (χ1) is 8.38. The van der Waals surface area contributed by atoms with Crippen LogP contribution in [0.25, 0.3) is 0 Å². The minimum atomic E-state index is 0.504. The molecule has 3 rings (SSSR count). The monoisotopic (exact) mass is 220 g/mol. The van der Waals surface area contributed by atoms with Crippen molar-refractivity contribution >= 4 is 5.69 Å². The molecule has 2 aromatic rings. The Kier molecular flexibility index (Phi) is 2.31. The van der Waals surface area contributed by atoms with Gasteiger partial charge in [0, 0.05) is 12.2 Å². The van der Waals surface area contributed by atoms with Crippen LogP contribution < -0.4 is 4.90 Å². The van der Waals surface area contributed by atoms with E-state index in [2.05, 4.69) is 35.2 Å². The molecule has 0 N–H and O–H groups in total. The van der Waals surface area contributed by atoms with Crippen LogP contribution in [-0.4, -0.2) is 6.54 Å². The highest BCUT2D eigenvalue weighted by atomic mass is 15.3. The highest BCUT2D eigenvalue weighted by Gasteiger charge is 2.35. The number of anilines is 1. The lowest BCUT2D eigenvalue weighted by Crippen LogP contribution is -1.94. The van der Waals surface area contributed by atoms with Gasteiger partial charge in [-0.25, -0.2) is 0 Å². The summed E-state index contributed by atoms with van der Waals surface area (Å²) in [6.45, 7) is 1.07. The maximum absolute atomic E-state index is 8.75. The van der Waals surface area contributed by atoms with E-state index in [0.29, 0.717) is 11.6 Å². The van der Waals surface area contributed by atoms with Crippen molar-refractivity contribution in [2.24, 2.45) is 0 Å². The first kappa shape index (κ1) is 9.92. The summed E-state index contributed by atoms with van der Waals surface area (Å²) in [5, 5.41) is 8.75.